The lowest BCUT2D eigenvalue weighted by Gasteiger charge is -2.18. The van der Waals surface area contributed by atoms with Gasteiger partial charge < -0.3 is 4.90 Å². The van der Waals surface area contributed by atoms with Gasteiger partial charge in [0.15, 0.2) is 0 Å². The van der Waals surface area contributed by atoms with Gasteiger partial charge in [-0.05, 0) is 47.3 Å². The van der Waals surface area contributed by atoms with Crippen molar-refractivity contribution >= 4 is 46.1 Å². The van der Waals surface area contributed by atoms with E-state index in [2.05, 4.69) is 10.5 Å². The number of carbonyl (C=O) groups excluding carboxylic acids is 2. The van der Waals surface area contributed by atoms with E-state index < -0.39 is 11.7 Å². The predicted octanol–water partition coefficient (Wildman–Crippen LogP) is 5.56. The van der Waals surface area contributed by atoms with Crippen LogP contribution in [0.5, 0.6) is 0 Å². The van der Waals surface area contributed by atoms with Gasteiger partial charge in [-0.25, -0.2) is 9.82 Å². The molecule has 0 aliphatic carbocycles. The van der Waals surface area contributed by atoms with Crippen molar-refractivity contribution < 1.29 is 14.0 Å². The molecule has 1 N–H and O–H groups in total. The zero-order chi connectivity index (χ0) is 22.9. The number of hydrogen-bond donors (Lipinski definition) is 1. The van der Waals surface area contributed by atoms with Gasteiger partial charge in [0.25, 0.3) is 11.8 Å². The fraction of sp³-hybridized carbons (Fsp3) is 0.0385. The van der Waals surface area contributed by atoms with E-state index in [-0.39, 0.29) is 16.5 Å². The molecule has 7 heteroatoms. The summed E-state index contributed by atoms with van der Waals surface area (Å²) in [6.45, 7) is 0.387. The summed E-state index contributed by atoms with van der Waals surface area (Å²) in [5.41, 5.74) is 5.32. The zero-order valence-corrected chi connectivity index (χ0v) is 18.0. The topological polar surface area (TPSA) is 61.8 Å². The number of amides is 2. The number of benzene rings is 4. The van der Waals surface area contributed by atoms with E-state index in [0.29, 0.717) is 17.7 Å². The van der Waals surface area contributed by atoms with Crippen LogP contribution in [-0.2, 0) is 6.54 Å². The molecular weight excluding hydrogens is 441 g/mol. The number of hydrazone groups is 1. The molecule has 0 aromatic heterocycles. The Bertz CT molecular complexity index is 1410. The van der Waals surface area contributed by atoms with Crippen molar-refractivity contribution in [3.63, 3.8) is 0 Å². The summed E-state index contributed by atoms with van der Waals surface area (Å²) < 4.78 is 13.8. The smallest absolute Gasteiger partial charge is 0.271 e. The predicted molar refractivity (Wildman–Crippen MR) is 127 cm³/mol. The van der Waals surface area contributed by atoms with Gasteiger partial charge in [-0.3, -0.25) is 9.59 Å². The number of rotatable bonds is 5. The molecule has 2 amide bonds. The Balaban J connectivity index is 1.29. The van der Waals surface area contributed by atoms with Gasteiger partial charge in [0.2, 0.25) is 0 Å². The Morgan fingerprint density at radius 3 is 2.48 bits per heavy atom. The standard InChI is InChI=1S/C26H17ClFN3O2/c27-21-7-3-8-22(28)20(21)14-29-30-25(32)18-12-10-16(11-13-18)15-31-23-9-2-5-17-4-1-6-19(24(17)23)26(31)33/h1-14H,15H2,(H,30,32). The molecule has 4 aromatic carbocycles. The maximum absolute atomic E-state index is 13.8. The highest BCUT2D eigenvalue weighted by atomic mass is 35.5. The maximum atomic E-state index is 13.8. The van der Waals surface area contributed by atoms with Crippen molar-refractivity contribution in [2.45, 2.75) is 6.54 Å². The average molecular weight is 458 g/mol. The Labute approximate surface area is 194 Å². The number of halogens is 2. The highest BCUT2D eigenvalue weighted by Gasteiger charge is 2.29. The van der Waals surface area contributed by atoms with Crippen LogP contribution in [0, 0.1) is 5.82 Å². The van der Waals surface area contributed by atoms with Crippen molar-refractivity contribution in [2.75, 3.05) is 4.90 Å². The minimum Gasteiger partial charge on any atom is -0.303 e. The molecule has 162 valence electrons. The molecule has 0 radical (unpaired) electrons. The first kappa shape index (κ1) is 20.8. The van der Waals surface area contributed by atoms with E-state index in [1.165, 1.54) is 24.4 Å². The number of nitrogens with one attached hydrogen (secondary N) is 1. The second-order valence-corrected chi connectivity index (χ2v) is 8.01. The van der Waals surface area contributed by atoms with Crippen LogP contribution in [0.2, 0.25) is 5.02 Å². The number of anilines is 1. The largest absolute Gasteiger partial charge is 0.303 e. The Hall–Kier alpha value is -4.03. The molecule has 0 spiro atoms. The van der Waals surface area contributed by atoms with Gasteiger partial charge in [0.05, 0.1) is 23.5 Å². The van der Waals surface area contributed by atoms with Crippen molar-refractivity contribution in [3.8, 4) is 0 Å². The molecule has 0 atom stereocenters. The van der Waals surface area contributed by atoms with Crippen LogP contribution in [0.4, 0.5) is 10.1 Å². The third kappa shape index (κ3) is 3.85. The number of hydrogen-bond acceptors (Lipinski definition) is 3. The Morgan fingerprint density at radius 1 is 1.00 bits per heavy atom. The minimum absolute atomic E-state index is 0.0373. The van der Waals surface area contributed by atoms with E-state index in [0.717, 1.165) is 22.0 Å². The van der Waals surface area contributed by atoms with Gasteiger partial charge in [-0.2, -0.15) is 5.10 Å². The molecule has 5 nitrogen and oxygen atoms in total. The Kier molecular flexibility index (Phi) is 5.36. The second kappa shape index (κ2) is 8.48. The zero-order valence-electron chi connectivity index (χ0n) is 17.3. The number of carbonyl (C=O) groups is 2. The SMILES string of the molecule is O=C(NN=Cc1c(F)cccc1Cl)c1ccc(CN2C(=O)c3cccc4cccc2c34)cc1. The van der Waals surface area contributed by atoms with E-state index in [1.54, 1.807) is 29.2 Å². The van der Waals surface area contributed by atoms with Crippen LogP contribution in [0.3, 0.4) is 0 Å². The third-order valence-corrected chi connectivity index (χ3v) is 5.89. The van der Waals surface area contributed by atoms with E-state index in [4.69, 9.17) is 11.6 Å². The molecular formula is C26H17ClFN3O2. The maximum Gasteiger partial charge on any atom is 0.271 e. The fourth-order valence-electron chi connectivity index (χ4n) is 3.93. The first-order valence-corrected chi connectivity index (χ1v) is 10.6. The summed E-state index contributed by atoms with van der Waals surface area (Å²) >= 11 is 5.94. The van der Waals surface area contributed by atoms with Gasteiger partial charge in [0, 0.05) is 22.1 Å². The summed E-state index contributed by atoms with van der Waals surface area (Å²) in [4.78, 5) is 27.1. The molecule has 1 aliphatic heterocycles. The van der Waals surface area contributed by atoms with Crippen molar-refractivity contribution in [1.82, 2.24) is 5.43 Å². The quantitative estimate of drug-likeness (QED) is 0.315. The average Bonchev–Trinajstić information content (AvgIpc) is 3.09. The highest BCUT2D eigenvalue weighted by Crippen LogP contribution is 2.37. The lowest BCUT2D eigenvalue weighted by molar-refractivity contribution is 0.0953. The summed E-state index contributed by atoms with van der Waals surface area (Å²) in [7, 11) is 0. The first-order chi connectivity index (χ1) is 16.0. The van der Waals surface area contributed by atoms with Gasteiger partial charge >= 0.3 is 0 Å². The molecule has 5 rings (SSSR count). The van der Waals surface area contributed by atoms with Gasteiger partial charge in [-0.1, -0.05) is 54.1 Å². The van der Waals surface area contributed by atoms with Gasteiger partial charge in [-0.15, -0.1) is 0 Å². The van der Waals surface area contributed by atoms with E-state index >= 15 is 0 Å². The molecule has 0 unspecified atom stereocenters. The lowest BCUT2D eigenvalue weighted by atomic mass is 10.1. The summed E-state index contributed by atoms with van der Waals surface area (Å²) in [6.07, 6.45) is 1.17. The van der Waals surface area contributed by atoms with Crippen LogP contribution in [0.1, 0.15) is 31.8 Å². The van der Waals surface area contributed by atoms with Crippen LogP contribution in [0.25, 0.3) is 10.8 Å². The first-order valence-electron chi connectivity index (χ1n) is 10.2. The lowest BCUT2D eigenvalue weighted by Crippen LogP contribution is -2.26. The molecule has 0 saturated heterocycles. The van der Waals surface area contributed by atoms with Crippen molar-refractivity contribution in [2.24, 2.45) is 5.10 Å². The van der Waals surface area contributed by atoms with E-state index in [9.17, 15) is 14.0 Å². The van der Waals surface area contributed by atoms with Crippen molar-refractivity contribution in [1.29, 1.82) is 0 Å². The summed E-state index contributed by atoms with van der Waals surface area (Å²) in [5.74, 6) is -1.01. The number of nitrogens with zero attached hydrogens (tertiary/aromatic N) is 2. The molecule has 4 aromatic rings. The molecule has 0 fully saturated rings. The molecule has 0 bridgehead atoms. The fourth-order valence-corrected chi connectivity index (χ4v) is 4.15. The minimum atomic E-state index is -0.529. The Morgan fingerprint density at radius 2 is 1.73 bits per heavy atom. The van der Waals surface area contributed by atoms with Crippen LogP contribution in [0.15, 0.2) is 84.0 Å². The summed E-state index contributed by atoms with van der Waals surface area (Å²) in [5, 5.41) is 6.00. The summed E-state index contributed by atoms with van der Waals surface area (Å²) in [6, 6.07) is 22.8. The monoisotopic (exact) mass is 457 g/mol. The molecule has 0 saturated carbocycles. The third-order valence-electron chi connectivity index (χ3n) is 5.57. The van der Waals surface area contributed by atoms with E-state index in [1.807, 2.05) is 36.4 Å². The molecule has 1 heterocycles. The molecule has 33 heavy (non-hydrogen) atoms. The van der Waals surface area contributed by atoms with Crippen LogP contribution < -0.4 is 10.3 Å². The van der Waals surface area contributed by atoms with Crippen LogP contribution >= 0.6 is 11.6 Å². The second-order valence-electron chi connectivity index (χ2n) is 7.60. The van der Waals surface area contributed by atoms with Crippen LogP contribution in [-0.4, -0.2) is 18.0 Å². The highest BCUT2D eigenvalue weighted by molar-refractivity contribution is 6.33. The van der Waals surface area contributed by atoms with Crippen molar-refractivity contribution in [3.05, 3.63) is 112 Å². The molecule has 1 aliphatic rings. The van der Waals surface area contributed by atoms with Gasteiger partial charge in [0.1, 0.15) is 5.82 Å². The normalized spacial score (nSPS) is 12.7.